The Morgan fingerprint density at radius 2 is 1.74 bits per heavy atom. The van der Waals surface area contributed by atoms with Crippen molar-refractivity contribution in [3.63, 3.8) is 0 Å². The number of nitrogens with zero attached hydrogens (tertiary/aromatic N) is 6. The number of aromatic nitrogens is 2. The molecule has 0 atom stereocenters. The summed E-state index contributed by atoms with van der Waals surface area (Å²) in [6.45, 7) is 5.42. The Labute approximate surface area is 203 Å². The van der Waals surface area contributed by atoms with Gasteiger partial charge in [-0.3, -0.25) is 0 Å². The van der Waals surface area contributed by atoms with Gasteiger partial charge in [0.25, 0.3) is 0 Å². The predicted molar refractivity (Wildman–Crippen MR) is 136 cm³/mol. The third-order valence-electron chi connectivity index (χ3n) is 6.48. The van der Waals surface area contributed by atoms with Gasteiger partial charge in [0.2, 0.25) is 0 Å². The smallest absolute Gasteiger partial charge is 0.137 e. The van der Waals surface area contributed by atoms with Gasteiger partial charge in [-0.2, -0.15) is 10.5 Å². The van der Waals surface area contributed by atoms with Gasteiger partial charge < -0.3 is 14.2 Å². The van der Waals surface area contributed by atoms with Crippen LogP contribution in [0.4, 0.5) is 0 Å². The maximum Gasteiger partial charge on any atom is 0.137 e. The summed E-state index contributed by atoms with van der Waals surface area (Å²) in [6, 6.07) is 20.1. The zero-order valence-corrected chi connectivity index (χ0v) is 20.1. The number of thiophene rings is 1. The first-order valence-corrected chi connectivity index (χ1v) is 12.4. The number of fused-ring (bicyclic) bond motifs is 1. The molecule has 0 amide bonds. The minimum atomic E-state index is 0.649. The van der Waals surface area contributed by atoms with E-state index in [0.29, 0.717) is 10.4 Å². The Bertz CT molecular complexity index is 1390. The molecule has 1 fully saturated rings. The maximum absolute atomic E-state index is 9.23. The molecular formula is C27H26N6S. The van der Waals surface area contributed by atoms with Crippen LogP contribution < -0.4 is 0 Å². The van der Waals surface area contributed by atoms with Gasteiger partial charge in [-0.15, -0.1) is 11.3 Å². The van der Waals surface area contributed by atoms with E-state index in [4.69, 9.17) is 4.98 Å². The van der Waals surface area contributed by atoms with E-state index in [1.165, 1.54) is 23.5 Å². The molecule has 0 aliphatic carbocycles. The minimum Gasteiger partial charge on any atom is -0.305 e. The number of imidazole rings is 1. The number of likely N-dealkylation sites (N-methyl/N-ethyl adjacent to an activating group) is 1. The zero-order chi connectivity index (χ0) is 23.5. The largest absolute Gasteiger partial charge is 0.305 e. The highest BCUT2D eigenvalue weighted by molar-refractivity contribution is 7.16. The predicted octanol–water partition coefficient (Wildman–Crippen LogP) is 4.65. The van der Waals surface area contributed by atoms with Crippen molar-refractivity contribution in [2.45, 2.75) is 12.8 Å². The van der Waals surface area contributed by atoms with Crippen molar-refractivity contribution in [2.24, 2.45) is 0 Å². The molecule has 0 saturated carbocycles. The lowest BCUT2D eigenvalue weighted by molar-refractivity contribution is 0.278. The minimum absolute atomic E-state index is 0.649. The number of benzene rings is 1. The molecule has 170 valence electrons. The summed E-state index contributed by atoms with van der Waals surface area (Å²) in [5.74, 6) is 0. The summed E-state index contributed by atoms with van der Waals surface area (Å²) in [5.41, 5.74) is 5.81. The van der Waals surface area contributed by atoms with Gasteiger partial charge in [0, 0.05) is 48.3 Å². The molecule has 1 aliphatic heterocycles. The highest BCUT2D eigenvalue weighted by atomic mass is 32.1. The van der Waals surface area contributed by atoms with E-state index in [1.54, 1.807) is 0 Å². The fourth-order valence-electron chi connectivity index (χ4n) is 4.55. The van der Waals surface area contributed by atoms with Crippen LogP contribution in [0.15, 0.2) is 54.7 Å². The second-order valence-electron chi connectivity index (χ2n) is 8.77. The second-order valence-corrected chi connectivity index (χ2v) is 9.85. The molecule has 4 aromatic rings. The molecule has 0 spiro atoms. The molecule has 1 aromatic carbocycles. The van der Waals surface area contributed by atoms with E-state index in [-0.39, 0.29) is 0 Å². The molecule has 7 heteroatoms. The van der Waals surface area contributed by atoms with E-state index >= 15 is 0 Å². The second kappa shape index (κ2) is 9.79. The SMILES string of the molecule is CN1CCCN(CCc2c(-c3ccc(C#N)cc3)nc3ccc(-c4ccc(C#N)s4)cn23)CC1. The van der Waals surface area contributed by atoms with Crippen LogP contribution in [0, 0.1) is 22.7 Å². The van der Waals surface area contributed by atoms with Crippen molar-refractivity contribution in [1.82, 2.24) is 19.2 Å². The molecule has 34 heavy (non-hydrogen) atoms. The molecule has 0 N–H and O–H groups in total. The zero-order valence-electron chi connectivity index (χ0n) is 19.2. The third kappa shape index (κ3) is 4.60. The number of hydrogen-bond acceptors (Lipinski definition) is 6. The Morgan fingerprint density at radius 3 is 2.50 bits per heavy atom. The monoisotopic (exact) mass is 466 g/mol. The topological polar surface area (TPSA) is 71.4 Å². The van der Waals surface area contributed by atoms with Crippen molar-refractivity contribution in [2.75, 3.05) is 39.8 Å². The lowest BCUT2D eigenvalue weighted by Gasteiger charge is -2.20. The van der Waals surface area contributed by atoms with Gasteiger partial charge in [-0.1, -0.05) is 12.1 Å². The van der Waals surface area contributed by atoms with E-state index in [2.05, 4.69) is 51.7 Å². The lowest BCUT2D eigenvalue weighted by atomic mass is 10.1. The van der Waals surface area contributed by atoms with Gasteiger partial charge >= 0.3 is 0 Å². The summed E-state index contributed by atoms with van der Waals surface area (Å²) in [5, 5.41) is 18.4. The molecule has 6 nitrogen and oxygen atoms in total. The first kappa shape index (κ1) is 22.3. The Morgan fingerprint density at radius 1 is 0.912 bits per heavy atom. The van der Waals surface area contributed by atoms with Crippen LogP contribution in [0.5, 0.6) is 0 Å². The normalized spacial score (nSPS) is 15.1. The fourth-order valence-corrected chi connectivity index (χ4v) is 5.35. The lowest BCUT2D eigenvalue weighted by Crippen LogP contribution is -2.30. The highest BCUT2D eigenvalue weighted by Gasteiger charge is 2.18. The number of pyridine rings is 1. The molecule has 0 bridgehead atoms. The molecule has 1 aliphatic rings. The summed E-state index contributed by atoms with van der Waals surface area (Å²) >= 11 is 1.51. The van der Waals surface area contributed by atoms with Gasteiger partial charge in [0.15, 0.2) is 0 Å². The van der Waals surface area contributed by atoms with Crippen LogP contribution in [0.1, 0.15) is 22.6 Å². The van der Waals surface area contributed by atoms with Crippen molar-refractivity contribution in [3.8, 4) is 33.8 Å². The molecule has 3 aromatic heterocycles. The summed E-state index contributed by atoms with van der Waals surface area (Å²) in [7, 11) is 2.20. The Hall–Kier alpha value is -3.49. The number of rotatable bonds is 5. The molecule has 0 radical (unpaired) electrons. The van der Waals surface area contributed by atoms with Gasteiger partial charge in [0.05, 0.1) is 23.0 Å². The van der Waals surface area contributed by atoms with Crippen LogP contribution in [-0.2, 0) is 6.42 Å². The summed E-state index contributed by atoms with van der Waals surface area (Å²) in [6.07, 6.45) is 4.22. The highest BCUT2D eigenvalue weighted by Crippen LogP contribution is 2.31. The van der Waals surface area contributed by atoms with Crippen LogP contribution in [0.2, 0.25) is 0 Å². The summed E-state index contributed by atoms with van der Waals surface area (Å²) in [4.78, 5) is 11.7. The number of hydrogen-bond donors (Lipinski definition) is 0. The molecule has 0 unspecified atom stereocenters. The fraction of sp³-hybridized carbons (Fsp3) is 0.296. The molecule has 1 saturated heterocycles. The van der Waals surface area contributed by atoms with Crippen molar-refractivity contribution >= 4 is 17.0 Å². The van der Waals surface area contributed by atoms with Crippen molar-refractivity contribution in [3.05, 3.63) is 70.9 Å². The standard InChI is InChI=1S/C27H26N6S/c1-31-12-2-13-32(16-15-31)14-11-24-27(21-5-3-20(17-28)4-6-21)30-26-10-7-22(19-33(24)26)25-9-8-23(18-29)34-25/h3-10,19H,2,11-16H2,1H3. The van der Waals surface area contributed by atoms with Gasteiger partial charge in [-0.25, -0.2) is 4.98 Å². The average Bonchev–Trinajstić information content (AvgIpc) is 3.44. The van der Waals surface area contributed by atoms with Crippen LogP contribution in [0.3, 0.4) is 0 Å². The quantitative estimate of drug-likeness (QED) is 0.428. The average molecular weight is 467 g/mol. The van der Waals surface area contributed by atoms with Crippen molar-refractivity contribution in [1.29, 1.82) is 10.5 Å². The number of nitriles is 2. The Balaban J connectivity index is 1.53. The third-order valence-corrected chi connectivity index (χ3v) is 7.52. The van der Waals surface area contributed by atoms with Gasteiger partial charge in [0.1, 0.15) is 16.6 Å². The van der Waals surface area contributed by atoms with Gasteiger partial charge in [-0.05, 0) is 63.0 Å². The van der Waals surface area contributed by atoms with Crippen LogP contribution >= 0.6 is 11.3 Å². The Kier molecular flexibility index (Phi) is 6.42. The first-order chi connectivity index (χ1) is 16.6. The van der Waals surface area contributed by atoms with E-state index in [9.17, 15) is 10.5 Å². The van der Waals surface area contributed by atoms with E-state index in [1.807, 2.05) is 36.4 Å². The van der Waals surface area contributed by atoms with E-state index in [0.717, 1.165) is 66.5 Å². The maximum atomic E-state index is 9.23. The first-order valence-electron chi connectivity index (χ1n) is 11.6. The molecular weight excluding hydrogens is 440 g/mol. The van der Waals surface area contributed by atoms with Crippen molar-refractivity contribution < 1.29 is 0 Å². The molecule has 4 heterocycles. The van der Waals surface area contributed by atoms with Crippen LogP contribution in [-0.4, -0.2) is 59.0 Å². The summed E-state index contributed by atoms with van der Waals surface area (Å²) < 4.78 is 2.21. The van der Waals surface area contributed by atoms with Crippen LogP contribution in [0.25, 0.3) is 27.3 Å². The molecule has 5 rings (SSSR count). The van der Waals surface area contributed by atoms with E-state index < -0.39 is 0 Å².